The molecule has 0 saturated carbocycles. The van der Waals surface area contributed by atoms with Gasteiger partial charge >= 0.3 is 23.9 Å². The summed E-state index contributed by atoms with van der Waals surface area (Å²) in [5.41, 5.74) is 2.11. The summed E-state index contributed by atoms with van der Waals surface area (Å²) in [6.07, 6.45) is 0.855. The highest BCUT2D eigenvalue weighted by molar-refractivity contribution is 6.34. The van der Waals surface area contributed by atoms with E-state index in [-0.39, 0.29) is 73.5 Å². The second kappa shape index (κ2) is 16.9. The average molecular weight is 843 g/mol. The van der Waals surface area contributed by atoms with E-state index in [1.165, 1.54) is 109 Å². The molecule has 6 aromatic carbocycles. The number of fused-ring (bicyclic) bond motifs is 2. The molecule has 2 heterocycles. The molecule has 0 unspecified atom stereocenters. The standard InChI is InChI=1S/C49H34N2O12/c1-4-28-5-15-34(16-6-28)60-46(56)29-7-9-30(10-8-29)47(57)61-35-17-13-33(14-18-35)51-43(53)39-24-12-32(26-41(39)45(51)55)49(59)63-37-21-19-36(20-22-37)62-48(58)31-11-23-38-40(25-31)44(54)50(27(2)3)42(38)52/h5-27H,4H2,1-3H3. The first-order valence-electron chi connectivity index (χ1n) is 19.6. The van der Waals surface area contributed by atoms with Gasteiger partial charge in [-0.05, 0) is 147 Å². The van der Waals surface area contributed by atoms with E-state index in [9.17, 15) is 38.4 Å². The van der Waals surface area contributed by atoms with Crippen molar-refractivity contribution in [3.63, 3.8) is 0 Å². The average Bonchev–Trinajstić information content (AvgIpc) is 3.70. The number of imide groups is 2. The summed E-state index contributed by atoms with van der Waals surface area (Å²) in [6.45, 7) is 5.45. The summed E-state index contributed by atoms with van der Waals surface area (Å²) in [5.74, 6) is -4.40. The SMILES string of the molecule is CCc1ccc(OC(=O)c2ccc(C(=O)Oc3ccc(N4C(=O)c5ccc(C(=O)Oc6ccc(OC(=O)c7ccc8c(c7)C(=O)N(C(C)C)C8=O)cc6)cc5C4=O)cc3)cc2)cc1. The maximum Gasteiger partial charge on any atom is 0.343 e. The van der Waals surface area contributed by atoms with Gasteiger partial charge in [-0.3, -0.25) is 24.1 Å². The van der Waals surface area contributed by atoms with Crippen molar-refractivity contribution >= 4 is 53.2 Å². The number of esters is 4. The molecule has 0 bridgehead atoms. The van der Waals surface area contributed by atoms with E-state index in [1.807, 2.05) is 19.1 Å². The van der Waals surface area contributed by atoms with Crippen LogP contribution in [-0.2, 0) is 6.42 Å². The number of benzene rings is 6. The number of nitrogens with zero attached hydrogens (tertiary/aromatic N) is 2. The molecule has 6 aromatic rings. The number of anilines is 1. The van der Waals surface area contributed by atoms with Crippen molar-refractivity contribution in [2.75, 3.05) is 4.90 Å². The van der Waals surface area contributed by atoms with Gasteiger partial charge in [0.25, 0.3) is 23.6 Å². The molecule has 0 saturated heterocycles. The molecule has 0 aromatic heterocycles. The molecule has 4 amide bonds. The van der Waals surface area contributed by atoms with E-state index in [2.05, 4.69) is 0 Å². The van der Waals surface area contributed by atoms with E-state index >= 15 is 0 Å². The number of amides is 4. The molecule has 0 fully saturated rings. The van der Waals surface area contributed by atoms with Crippen LogP contribution in [0.25, 0.3) is 0 Å². The quantitative estimate of drug-likeness (QED) is 0.0700. The molecule has 0 aliphatic carbocycles. The molecule has 2 aliphatic heterocycles. The third-order valence-electron chi connectivity index (χ3n) is 10.2. The van der Waals surface area contributed by atoms with Crippen molar-refractivity contribution in [2.24, 2.45) is 0 Å². The summed E-state index contributed by atoms with van der Waals surface area (Å²) in [7, 11) is 0. The second-order valence-corrected chi connectivity index (χ2v) is 14.6. The smallest absolute Gasteiger partial charge is 0.343 e. The van der Waals surface area contributed by atoms with Gasteiger partial charge in [0.2, 0.25) is 0 Å². The Morgan fingerprint density at radius 2 is 0.762 bits per heavy atom. The van der Waals surface area contributed by atoms with Crippen LogP contribution < -0.4 is 23.8 Å². The highest BCUT2D eigenvalue weighted by Crippen LogP contribution is 2.32. The van der Waals surface area contributed by atoms with Gasteiger partial charge in [-0.15, -0.1) is 0 Å². The van der Waals surface area contributed by atoms with E-state index in [4.69, 9.17) is 18.9 Å². The number of carbonyl (C=O) groups excluding carboxylic acids is 8. The van der Waals surface area contributed by atoms with Crippen molar-refractivity contribution in [1.82, 2.24) is 4.90 Å². The minimum Gasteiger partial charge on any atom is -0.423 e. The first-order chi connectivity index (χ1) is 30.3. The van der Waals surface area contributed by atoms with Crippen LogP contribution in [0.1, 0.15) is 109 Å². The number of hydrogen-bond donors (Lipinski definition) is 0. The second-order valence-electron chi connectivity index (χ2n) is 14.6. The largest absolute Gasteiger partial charge is 0.423 e. The Morgan fingerprint density at radius 1 is 0.429 bits per heavy atom. The molecule has 14 heteroatoms. The lowest BCUT2D eigenvalue weighted by atomic mass is 10.1. The summed E-state index contributed by atoms with van der Waals surface area (Å²) >= 11 is 0. The zero-order valence-corrected chi connectivity index (χ0v) is 33.8. The Bertz CT molecular complexity index is 2880. The molecule has 0 N–H and O–H groups in total. The first kappa shape index (κ1) is 41.2. The fourth-order valence-corrected chi connectivity index (χ4v) is 6.90. The van der Waals surface area contributed by atoms with Gasteiger partial charge in [0, 0.05) is 6.04 Å². The third kappa shape index (κ3) is 8.20. The van der Waals surface area contributed by atoms with E-state index in [1.54, 1.807) is 26.0 Å². The fraction of sp³-hybridized carbons (Fsp3) is 0.102. The van der Waals surface area contributed by atoms with Crippen molar-refractivity contribution in [1.29, 1.82) is 0 Å². The summed E-state index contributed by atoms with van der Waals surface area (Å²) in [5, 5.41) is 0. The molecule has 2 aliphatic rings. The van der Waals surface area contributed by atoms with Crippen LogP contribution in [-0.4, -0.2) is 58.4 Å². The summed E-state index contributed by atoms with van der Waals surface area (Å²) in [4.78, 5) is 106. The van der Waals surface area contributed by atoms with Gasteiger partial charge in [0.05, 0.1) is 50.2 Å². The minimum absolute atomic E-state index is 0.0122. The Morgan fingerprint density at radius 3 is 1.19 bits per heavy atom. The minimum atomic E-state index is -0.826. The molecule has 0 atom stereocenters. The monoisotopic (exact) mass is 842 g/mol. The number of hydrogen-bond acceptors (Lipinski definition) is 12. The Balaban J connectivity index is 0.857. The maximum absolute atomic E-state index is 13.5. The Labute approximate surface area is 359 Å². The third-order valence-corrected chi connectivity index (χ3v) is 10.2. The number of ether oxygens (including phenoxy) is 4. The van der Waals surface area contributed by atoms with Gasteiger partial charge < -0.3 is 18.9 Å². The van der Waals surface area contributed by atoms with Gasteiger partial charge in [-0.25, -0.2) is 24.1 Å². The van der Waals surface area contributed by atoms with Crippen LogP contribution in [0.5, 0.6) is 23.0 Å². The van der Waals surface area contributed by atoms with Crippen LogP contribution in [0, 0.1) is 0 Å². The van der Waals surface area contributed by atoms with Crippen molar-refractivity contribution in [3.05, 3.63) is 184 Å². The van der Waals surface area contributed by atoms with Crippen LogP contribution in [0.4, 0.5) is 5.69 Å². The molecule has 63 heavy (non-hydrogen) atoms. The van der Waals surface area contributed by atoms with Crippen molar-refractivity contribution in [3.8, 4) is 23.0 Å². The predicted molar refractivity (Wildman–Crippen MR) is 225 cm³/mol. The number of carbonyl (C=O) groups is 8. The van der Waals surface area contributed by atoms with Crippen molar-refractivity contribution < 1.29 is 57.3 Å². The summed E-state index contributed by atoms with van der Waals surface area (Å²) < 4.78 is 21.8. The first-order valence-corrected chi connectivity index (χ1v) is 19.6. The zero-order chi connectivity index (χ0) is 44.5. The summed E-state index contributed by atoms with van der Waals surface area (Å²) in [6, 6.07) is 31.9. The molecule has 0 spiro atoms. The molecular weight excluding hydrogens is 809 g/mol. The lowest BCUT2D eigenvalue weighted by molar-refractivity contribution is 0.0605. The lowest BCUT2D eigenvalue weighted by Crippen LogP contribution is -2.35. The lowest BCUT2D eigenvalue weighted by Gasteiger charge is -2.17. The molecule has 8 rings (SSSR count). The Kier molecular flexibility index (Phi) is 11.0. The zero-order valence-electron chi connectivity index (χ0n) is 33.8. The van der Waals surface area contributed by atoms with E-state index < -0.39 is 47.5 Å². The number of rotatable bonds is 11. The molecule has 312 valence electrons. The predicted octanol–water partition coefficient (Wildman–Crippen LogP) is 7.93. The molecular formula is C49H34N2O12. The molecule has 0 radical (unpaired) electrons. The van der Waals surface area contributed by atoms with Crippen molar-refractivity contribution in [2.45, 2.75) is 33.2 Å². The molecule has 14 nitrogen and oxygen atoms in total. The van der Waals surface area contributed by atoms with Crippen LogP contribution in [0.3, 0.4) is 0 Å². The van der Waals surface area contributed by atoms with E-state index in [0.29, 0.717) is 5.75 Å². The normalized spacial score (nSPS) is 12.9. The topological polar surface area (TPSA) is 180 Å². The fourth-order valence-electron chi connectivity index (χ4n) is 6.90. The van der Waals surface area contributed by atoms with Gasteiger partial charge in [0.1, 0.15) is 23.0 Å². The van der Waals surface area contributed by atoms with E-state index in [0.717, 1.165) is 21.8 Å². The van der Waals surface area contributed by atoms with Gasteiger partial charge in [-0.2, -0.15) is 0 Å². The van der Waals surface area contributed by atoms with Crippen LogP contribution in [0.2, 0.25) is 0 Å². The van der Waals surface area contributed by atoms with Gasteiger partial charge in [-0.1, -0.05) is 19.1 Å². The van der Waals surface area contributed by atoms with Crippen LogP contribution >= 0.6 is 0 Å². The van der Waals surface area contributed by atoms with Gasteiger partial charge in [0.15, 0.2) is 0 Å². The maximum atomic E-state index is 13.5. The van der Waals surface area contributed by atoms with Crippen LogP contribution in [0.15, 0.2) is 133 Å². The number of aryl methyl sites for hydroxylation is 1. The Hall–Kier alpha value is -8.52. The highest BCUT2D eigenvalue weighted by atomic mass is 16.5. The highest BCUT2D eigenvalue weighted by Gasteiger charge is 2.39.